The molecule has 0 saturated carbocycles. The zero-order valence-electron chi connectivity index (χ0n) is 15.4. The summed E-state index contributed by atoms with van der Waals surface area (Å²) >= 11 is 3.42. The Morgan fingerprint density at radius 2 is 1.61 bits per heavy atom. The number of anilines is 2. The van der Waals surface area contributed by atoms with Crippen LogP contribution in [0.4, 0.5) is 11.4 Å². The maximum atomic E-state index is 12.7. The molecule has 5 nitrogen and oxygen atoms in total. The van der Waals surface area contributed by atoms with Crippen molar-refractivity contribution in [2.24, 2.45) is 0 Å². The summed E-state index contributed by atoms with van der Waals surface area (Å²) in [7, 11) is -3.81. The van der Waals surface area contributed by atoms with Crippen molar-refractivity contribution in [3.05, 3.63) is 87.9 Å². The number of aryl methyl sites for hydroxylation is 2. The van der Waals surface area contributed by atoms with E-state index < -0.39 is 15.9 Å². The lowest BCUT2D eigenvalue weighted by Crippen LogP contribution is -2.18. The molecule has 1 amide bonds. The molecule has 3 aromatic carbocycles. The number of halogens is 1. The van der Waals surface area contributed by atoms with E-state index in [0.717, 1.165) is 15.6 Å². The van der Waals surface area contributed by atoms with Gasteiger partial charge >= 0.3 is 0 Å². The predicted octanol–water partition coefficient (Wildman–Crippen LogP) is 5.12. The van der Waals surface area contributed by atoms with E-state index in [1.807, 2.05) is 26.0 Å². The number of hydrogen-bond acceptors (Lipinski definition) is 3. The number of para-hydroxylation sites is 1. The summed E-state index contributed by atoms with van der Waals surface area (Å²) in [6, 6.07) is 18.5. The molecule has 3 aromatic rings. The van der Waals surface area contributed by atoms with Gasteiger partial charge < -0.3 is 5.32 Å². The Morgan fingerprint density at radius 1 is 0.929 bits per heavy atom. The molecule has 0 bridgehead atoms. The lowest BCUT2D eigenvalue weighted by molar-refractivity contribution is 0.102. The van der Waals surface area contributed by atoms with Crippen LogP contribution in [0.3, 0.4) is 0 Å². The van der Waals surface area contributed by atoms with Crippen molar-refractivity contribution in [3.8, 4) is 0 Å². The van der Waals surface area contributed by atoms with Crippen molar-refractivity contribution in [1.82, 2.24) is 0 Å². The van der Waals surface area contributed by atoms with Gasteiger partial charge in [-0.15, -0.1) is 0 Å². The van der Waals surface area contributed by atoms with Crippen LogP contribution >= 0.6 is 15.9 Å². The molecule has 0 aromatic heterocycles. The molecule has 0 unspecified atom stereocenters. The van der Waals surface area contributed by atoms with Crippen molar-refractivity contribution in [2.45, 2.75) is 18.7 Å². The third-order valence-electron chi connectivity index (χ3n) is 4.16. The highest BCUT2D eigenvalue weighted by Crippen LogP contribution is 2.24. The van der Waals surface area contributed by atoms with Crippen LogP contribution in [0.2, 0.25) is 0 Å². The number of nitrogens with one attached hydrogen (secondary N) is 2. The normalized spacial score (nSPS) is 11.1. The minimum Gasteiger partial charge on any atom is -0.322 e. The summed E-state index contributed by atoms with van der Waals surface area (Å²) in [6.07, 6.45) is 0. The van der Waals surface area contributed by atoms with E-state index in [-0.39, 0.29) is 16.1 Å². The van der Waals surface area contributed by atoms with Crippen LogP contribution in [0.1, 0.15) is 21.5 Å². The molecule has 0 atom stereocenters. The Morgan fingerprint density at radius 3 is 2.29 bits per heavy atom. The summed E-state index contributed by atoms with van der Waals surface area (Å²) in [5, 5.41) is 2.81. The molecule has 0 aliphatic carbocycles. The van der Waals surface area contributed by atoms with E-state index in [1.165, 1.54) is 12.1 Å². The van der Waals surface area contributed by atoms with Gasteiger partial charge in [0, 0.05) is 10.2 Å². The summed E-state index contributed by atoms with van der Waals surface area (Å²) in [6.45, 7) is 3.80. The SMILES string of the molecule is Cc1ccc(S(=O)(=O)Nc2ccccc2C(=O)Nc2ccc(Br)c(C)c2)cc1. The lowest BCUT2D eigenvalue weighted by Gasteiger charge is -2.13. The number of hydrogen-bond donors (Lipinski definition) is 2. The summed E-state index contributed by atoms with van der Waals surface area (Å²) < 4.78 is 28.8. The standard InChI is InChI=1S/C21H19BrN2O3S/c1-14-7-10-17(11-8-14)28(26,27)24-20-6-4-3-5-18(20)21(25)23-16-9-12-19(22)15(2)13-16/h3-13,24H,1-2H3,(H,23,25). The highest BCUT2D eigenvalue weighted by molar-refractivity contribution is 9.10. The molecule has 0 fully saturated rings. The second-order valence-corrected chi connectivity index (χ2v) is 8.92. The summed E-state index contributed by atoms with van der Waals surface area (Å²) in [5.41, 5.74) is 3.02. The van der Waals surface area contributed by atoms with Gasteiger partial charge in [0.15, 0.2) is 0 Å². The second kappa shape index (κ2) is 8.16. The van der Waals surface area contributed by atoms with Crippen LogP contribution in [0.15, 0.2) is 76.1 Å². The fourth-order valence-corrected chi connectivity index (χ4v) is 3.94. The molecule has 2 N–H and O–H groups in total. The smallest absolute Gasteiger partial charge is 0.261 e. The van der Waals surface area contributed by atoms with E-state index in [1.54, 1.807) is 42.5 Å². The maximum Gasteiger partial charge on any atom is 0.261 e. The molecule has 0 aliphatic rings. The number of benzene rings is 3. The van der Waals surface area contributed by atoms with Crippen molar-refractivity contribution >= 4 is 43.2 Å². The fraction of sp³-hybridized carbons (Fsp3) is 0.0952. The zero-order chi connectivity index (χ0) is 20.3. The number of rotatable bonds is 5. The average molecular weight is 459 g/mol. The van der Waals surface area contributed by atoms with Crippen LogP contribution in [-0.2, 0) is 10.0 Å². The van der Waals surface area contributed by atoms with Crippen LogP contribution in [-0.4, -0.2) is 14.3 Å². The van der Waals surface area contributed by atoms with Gasteiger partial charge in [0.25, 0.3) is 15.9 Å². The third-order valence-corrected chi connectivity index (χ3v) is 6.43. The van der Waals surface area contributed by atoms with Crippen molar-refractivity contribution in [1.29, 1.82) is 0 Å². The van der Waals surface area contributed by atoms with Crippen LogP contribution in [0, 0.1) is 13.8 Å². The van der Waals surface area contributed by atoms with Gasteiger partial charge in [-0.05, 0) is 61.9 Å². The van der Waals surface area contributed by atoms with Gasteiger partial charge in [0.2, 0.25) is 0 Å². The predicted molar refractivity (Wildman–Crippen MR) is 115 cm³/mol. The maximum absolute atomic E-state index is 12.7. The van der Waals surface area contributed by atoms with Crippen molar-refractivity contribution in [2.75, 3.05) is 10.0 Å². The van der Waals surface area contributed by atoms with Gasteiger partial charge in [-0.3, -0.25) is 9.52 Å². The van der Waals surface area contributed by atoms with Crippen LogP contribution < -0.4 is 10.0 Å². The Bertz CT molecular complexity index is 1130. The lowest BCUT2D eigenvalue weighted by atomic mass is 10.1. The van der Waals surface area contributed by atoms with Gasteiger partial charge in [-0.25, -0.2) is 8.42 Å². The molecule has 0 spiro atoms. The molecule has 3 rings (SSSR count). The zero-order valence-corrected chi connectivity index (χ0v) is 17.8. The summed E-state index contributed by atoms with van der Waals surface area (Å²) in [4.78, 5) is 12.9. The Labute approximate surface area is 173 Å². The largest absolute Gasteiger partial charge is 0.322 e. The van der Waals surface area contributed by atoms with E-state index in [9.17, 15) is 13.2 Å². The molecule has 28 heavy (non-hydrogen) atoms. The van der Waals surface area contributed by atoms with Crippen LogP contribution in [0.25, 0.3) is 0 Å². The fourth-order valence-electron chi connectivity index (χ4n) is 2.61. The molecule has 7 heteroatoms. The third kappa shape index (κ3) is 4.61. The molecular formula is C21H19BrN2O3S. The Hall–Kier alpha value is -2.64. The Balaban J connectivity index is 1.87. The monoisotopic (exact) mass is 458 g/mol. The first-order valence-corrected chi connectivity index (χ1v) is 10.8. The number of sulfonamides is 1. The second-order valence-electron chi connectivity index (χ2n) is 6.38. The summed E-state index contributed by atoms with van der Waals surface area (Å²) in [5.74, 6) is -0.399. The van der Waals surface area contributed by atoms with Crippen molar-refractivity contribution < 1.29 is 13.2 Å². The number of carbonyl (C=O) groups is 1. The first-order valence-electron chi connectivity index (χ1n) is 8.52. The van der Waals surface area contributed by atoms with E-state index in [4.69, 9.17) is 0 Å². The highest BCUT2D eigenvalue weighted by Gasteiger charge is 2.18. The molecule has 0 saturated heterocycles. The minimum absolute atomic E-state index is 0.136. The molecule has 0 aliphatic heterocycles. The first-order chi connectivity index (χ1) is 13.3. The molecule has 0 heterocycles. The molecule has 0 radical (unpaired) electrons. The van der Waals surface area contributed by atoms with E-state index in [0.29, 0.717) is 5.69 Å². The van der Waals surface area contributed by atoms with Crippen molar-refractivity contribution in [3.63, 3.8) is 0 Å². The van der Waals surface area contributed by atoms with E-state index in [2.05, 4.69) is 26.0 Å². The topological polar surface area (TPSA) is 75.3 Å². The quantitative estimate of drug-likeness (QED) is 0.556. The van der Waals surface area contributed by atoms with E-state index >= 15 is 0 Å². The van der Waals surface area contributed by atoms with Gasteiger partial charge in [-0.1, -0.05) is 45.8 Å². The molecular weight excluding hydrogens is 440 g/mol. The van der Waals surface area contributed by atoms with Gasteiger partial charge in [0.1, 0.15) is 0 Å². The average Bonchev–Trinajstić information content (AvgIpc) is 2.65. The molecule has 144 valence electrons. The Kier molecular flexibility index (Phi) is 5.86. The van der Waals surface area contributed by atoms with Gasteiger partial charge in [-0.2, -0.15) is 0 Å². The number of amides is 1. The minimum atomic E-state index is -3.81. The first kappa shape index (κ1) is 20.1. The van der Waals surface area contributed by atoms with Crippen LogP contribution in [0.5, 0.6) is 0 Å². The number of carbonyl (C=O) groups excluding carboxylic acids is 1. The van der Waals surface area contributed by atoms with Gasteiger partial charge in [0.05, 0.1) is 16.1 Å². The highest BCUT2D eigenvalue weighted by atomic mass is 79.9.